The Hall–Kier alpha value is -2.13. The first-order valence-corrected chi connectivity index (χ1v) is 8.99. The third-order valence-electron chi connectivity index (χ3n) is 3.08. The predicted molar refractivity (Wildman–Crippen MR) is 87.0 cm³/mol. The number of hydrogen-bond acceptors (Lipinski definition) is 6. The molecule has 0 unspecified atom stereocenters. The average Bonchev–Trinajstić information content (AvgIpc) is 2.86. The fraction of sp³-hybridized carbons (Fsp3) is 0.286. The number of methoxy groups -OCH3 is 1. The third kappa shape index (κ3) is 3.62. The Bertz CT molecular complexity index is 843. The lowest BCUT2D eigenvalue weighted by Crippen LogP contribution is -2.14. The third-order valence-corrected chi connectivity index (χ3v) is 5.78. The van der Waals surface area contributed by atoms with Crippen molar-refractivity contribution in [1.82, 2.24) is 4.98 Å². The Balaban J connectivity index is 2.41. The highest BCUT2D eigenvalue weighted by atomic mass is 32.2. The molecule has 1 aromatic carbocycles. The molecule has 0 aliphatic rings. The molecule has 0 aliphatic heterocycles. The van der Waals surface area contributed by atoms with E-state index in [0.717, 1.165) is 11.1 Å². The van der Waals surface area contributed by atoms with Gasteiger partial charge in [-0.1, -0.05) is 6.92 Å². The Kier molecular flexibility index (Phi) is 4.90. The lowest BCUT2D eigenvalue weighted by Gasteiger charge is -2.09. The number of nitrogens with one attached hydrogen (secondary N) is 1. The van der Waals surface area contributed by atoms with Crippen LogP contribution in [0, 0.1) is 6.92 Å². The number of anilines is 1. The average molecular weight is 356 g/mol. The van der Waals surface area contributed by atoms with Crippen molar-refractivity contribution >= 4 is 32.3 Å². The van der Waals surface area contributed by atoms with E-state index < -0.39 is 16.0 Å². The van der Waals surface area contributed by atoms with Crippen molar-refractivity contribution in [2.24, 2.45) is 0 Å². The van der Waals surface area contributed by atoms with Crippen LogP contribution in [0.2, 0.25) is 0 Å². The number of aryl methyl sites for hydroxylation is 2. The van der Waals surface area contributed by atoms with Gasteiger partial charge < -0.3 is 9.84 Å². The number of rotatable bonds is 6. The zero-order valence-corrected chi connectivity index (χ0v) is 14.4. The highest BCUT2D eigenvalue weighted by Gasteiger charge is 2.21. The molecule has 7 nitrogen and oxygen atoms in total. The molecule has 124 valence electrons. The van der Waals surface area contributed by atoms with Gasteiger partial charge in [-0.15, -0.1) is 11.3 Å². The molecule has 0 fully saturated rings. The monoisotopic (exact) mass is 356 g/mol. The van der Waals surface area contributed by atoms with Gasteiger partial charge in [-0.3, -0.25) is 4.72 Å². The van der Waals surface area contributed by atoms with E-state index in [9.17, 15) is 13.2 Å². The molecule has 2 N–H and O–H groups in total. The van der Waals surface area contributed by atoms with Crippen molar-refractivity contribution in [1.29, 1.82) is 0 Å². The summed E-state index contributed by atoms with van der Waals surface area (Å²) in [5.41, 5.74) is 0.369. The molecule has 1 aromatic heterocycles. The molecule has 23 heavy (non-hydrogen) atoms. The zero-order chi connectivity index (χ0) is 17.2. The summed E-state index contributed by atoms with van der Waals surface area (Å²) in [6, 6.07) is 3.68. The molecule has 2 rings (SSSR count). The van der Waals surface area contributed by atoms with Gasteiger partial charge in [-0.25, -0.2) is 18.2 Å². The van der Waals surface area contributed by atoms with Crippen LogP contribution in [-0.2, 0) is 16.4 Å². The molecule has 0 aliphatic carbocycles. The summed E-state index contributed by atoms with van der Waals surface area (Å²) in [6.07, 6.45) is 0.707. The maximum Gasteiger partial charge on any atom is 0.339 e. The van der Waals surface area contributed by atoms with E-state index in [-0.39, 0.29) is 16.2 Å². The fourth-order valence-corrected chi connectivity index (χ4v) is 4.18. The van der Waals surface area contributed by atoms with Crippen LogP contribution in [0.5, 0.6) is 5.75 Å². The van der Waals surface area contributed by atoms with Crippen LogP contribution in [0.4, 0.5) is 5.00 Å². The Morgan fingerprint density at radius 3 is 2.65 bits per heavy atom. The maximum absolute atomic E-state index is 12.5. The minimum absolute atomic E-state index is 0.0960. The van der Waals surface area contributed by atoms with Gasteiger partial charge in [0.2, 0.25) is 0 Å². The lowest BCUT2D eigenvalue weighted by atomic mass is 10.2. The van der Waals surface area contributed by atoms with E-state index in [1.165, 1.54) is 30.6 Å². The van der Waals surface area contributed by atoms with Gasteiger partial charge in [0.15, 0.2) is 0 Å². The summed E-state index contributed by atoms with van der Waals surface area (Å²) in [5, 5.41) is 10.4. The summed E-state index contributed by atoms with van der Waals surface area (Å²) in [6.45, 7) is 3.64. The number of carboxylic acid groups (broad SMARTS) is 1. The summed E-state index contributed by atoms with van der Waals surface area (Å²) in [4.78, 5) is 15.3. The number of sulfonamides is 1. The van der Waals surface area contributed by atoms with Crippen LogP contribution in [0.3, 0.4) is 0 Å². The summed E-state index contributed by atoms with van der Waals surface area (Å²) >= 11 is 1.26. The number of nitrogens with zero attached hydrogens (tertiary/aromatic N) is 1. The van der Waals surface area contributed by atoms with Gasteiger partial charge in [0, 0.05) is 0 Å². The van der Waals surface area contributed by atoms with Crippen LogP contribution in [-0.4, -0.2) is 31.6 Å². The van der Waals surface area contributed by atoms with E-state index >= 15 is 0 Å². The van der Waals surface area contributed by atoms with Crippen molar-refractivity contribution in [3.05, 3.63) is 34.5 Å². The second kappa shape index (κ2) is 6.55. The number of thiazole rings is 1. The van der Waals surface area contributed by atoms with Gasteiger partial charge in [0.25, 0.3) is 10.0 Å². The topological polar surface area (TPSA) is 106 Å². The highest BCUT2D eigenvalue weighted by Crippen LogP contribution is 2.28. The highest BCUT2D eigenvalue weighted by molar-refractivity contribution is 7.93. The van der Waals surface area contributed by atoms with Crippen molar-refractivity contribution < 1.29 is 23.1 Å². The van der Waals surface area contributed by atoms with Crippen LogP contribution < -0.4 is 9.46 Å². The molecule has 0 amide bonds. The van der Waals surface area contributed by atoms with Crippen LogP contribution >= 0.6 is 11.3 Å². The number of ether oxygens (including phenoxy) is 1. The minimum atomic E-state index is -3.91. The SMILES string of the molecule is CCc1nc(C)c(NS(=O)(=O)c2ccc(OC)c(C(=O)O)c2)s1. The molecule has 0 spiro atoms. The molecular weight excluding hydrogens is 340 g/mol. The molecule has 0 radical (unpaired) electrons. The largest absolute Gasteiger partial charge is 0.496 e. The Labute approximate surface area is 138 Å². The first kappa shape index (κ1) is 17.2. The summed E-state index contributed by atoms with van der Waals surface area (Å²) in [5.74, 6) is -1.17. The quantitative estimate of drug-likeness (QED) is 0.824. The van der Waals surface area contributed by atoms with Crippen molar-refractivity contribution in [2.45, 2.75) is 25.2 Å². The fourth-order valence-electron chi connectivity index (χ4n) is 1.90. The molecule has 0 saturated carbocycles. The van der Waals surface area contributed by atoms with E-state index in [2.05, 4.69) is 9.71 Å². The lowest BCUT2D eigenvalue weighted by molar-refractivity contribution is 0.0693. The number of hydrogen-bond donors (Lipinski definition) is 2. The summed E-state index contributed by atoms with van der Waals surface area (Å²) in [7, 11) is -2.59. The van der Waals surface area contributed by atoms with Crippen LogP contribution in [0.1, 0.15) is 28.0 Å². The zero-order valence-electron chi connectivity index (χ0n) is 12.8. The van der Waals surface area contributed by atoms with Crippen molar-refractivity contribution in [3.63, 3.8) is 0 Å². The predicted octanol–water partition coefficient (Wildman–Crippen LogP) is 2.52. The van der Waals surface area contributed by atoms with Crippen molar-refractivity contribution in [2.75, 3.05) is 11.8 Å². The minimum Gasteiger partial charge on any atom is -0.496 e. The number of carboxylic acids is 1. The Morgan fingerprint density at radius 1 is 1.43 bits per heavy atom. The smallest absolute Gasteiger partial charge is 0.339 e. The first-order valence-electron chi connectivity index (χ1n) is 6.69. The summed E-state index contributed by atoms with van der Waals surface area (Å²) < 4.78 is 32.3. The maximum atomic E-state index is 12.5. The molecule has 0 bridgehead atoms. The van der Waals surface area contributed by atoms with Crippen LogP contribution in [0.25, 0.3) is 0 Å². The first-order chi connectivity index (χ1) is 10.8. The normalized spacial score (nSPS) is 11.3. The standard InChI is InChI=1S/C14H16N2O5S2/c1-4-12-15-8(2)13(22-12)16-23(19,20)9-5-6-11(21-3)10(7-9)14(17)18/h5-7,16H,4H2,1-3H3,(H,17,18). The molecule has 0 atom stereocenters. The van der Waals surface area contributed by atoms with E-state index in [4.69, 9.17) is 9.84 Å². The molecule has 2 aromatic rings. The van der Waals surface area contributed by atoms with E-state index in [0.29, 0.717) is 17.1 Å². The number of aromatic carboxylic acids is 1. The Morgan fingerprint density at radius 2 is 2.13 bits per heavy atom. The molecule has 1 heterocycles. The van der Waals surface area contributed by atoms with Gasteiger partial charge >= 0.3 is 5.97 Å². The molecule has 0 saturated heterocycles. The van der Waals surface area contributed by atoms with Gasteiger partial charge in [0.05, 0.1) is 22.7 Å². The van der Waals surface area contributed by atoms with Gasteiger partial charge in [0.1, 0.15) is 16.3 Å². The van der Waals surface area contributed by atoms with E-state index in [1.807, 2.05) is 6.92 Å². The van der Waals surface area contributed by atoms with Crippen LogP contribution in [0.15, 0.2) is 23.1 Å². The molecular formula is C14H16N2O5S2. The number of carbonyl (C=O) groups is 1. The van der Waals surface area contributed by atoms with Gasteiger partial charge in [-0.2, -0.15) is 0 Å². The van der Waals surface area contributed by atoms with Crippen molar-refractivity contribution in [3.8, 4) is 5.75 Å². The second-order valence-electron chi connectivity index (χ2n) is 4.65. The number of aromatic nitrogens is 1. The van der Waals surface area contributed by atoms with Gasteiger partial charge in [-0.05, 0) is 31.5 Å². The molecule has 9 heteroatoms. The number of benzene rings is 1. The second-order valence-corrected chi connectivity index (χ2v) is 7.41. The van der Waals surface area contributed by atoms with E-state index in [1.54, 1.807) is 6.92 Å².